The third-order valence-electron chi connectivity index (χ3n) is 3.77. The molecule has 0 atom stereocenters. The van der Waals surface area contributed by atoms with Crippen LogP contribution in [0.15, 0.2) is 24.3 Å². The van der Waals surface area contributed by atoms with E-state index in [1.54, 1.807) is 6.07 Å². The number of hydrogen-bond donors (Lipinski definition) is 2. The van der Waals surface area contributed by atoms with Crippen molar-refractivity contribution < 1.29 is 9.90 Å². The second kappa shape index (κ2) is 8.38. The maximum atomic E-state index is 10.9. The molecule has 0 spiro atoms. The topological polar surface area (TPSA) is 82.1 Å². The Labute approximate surface area is 151 Å². The van der Waals surface area contributed by atoms with Gasteiger partial charge in [-0.2, -0.15) is 5.10 Å². The Morgan fingerprint density at radius 2 is 1.91 bits per heavy atom. The van der Waals surface area contributed by atoms with Crippen molar-refractivity contribution >= 4 is 42.5 Å². The second-order valence-corrected chi connectivity index (χ2v) is 5.48. The Bertz CT molecular complexity index is 657. The summed E-state index contributed by atoms with van der Waals surface area (Å²) in [6.07, 6.45) is 0.648. The van der Waals surface area contributed by atoms with Crippen LogP contribution in [-0.4, -0.2) is 44.4 Å². The normalized spacial score (nSPS) is 14.7. The Hall–Kier alpha value is -1.50. The molecule has 0 bridgehead atoms. The first kappa shape index (κ1) is 19.5. The number of aromatic nitrogens is 3. The quantitative estimate of drug-likeness (QED) is 0.831. The number of carbonyl (C=O) groups is 1. The van der Waals surface area contributed by atoms with Crippen LogP contribution in [0, 0.1) is 0 Å². The maximum Gasteiger partial charge on any atom is 0.407 e. The summed E-state index contributed by atoms with van der Waals surface area (Å²) in [4.78, 5) is 16.8. The van der Waals surface area contributed by atoms with Gasteiger partial charge in [0.05, 0.1) is 5.02 Å². The third kappa shape index (κ3) is 4.28. The molecule has 1 fully saturated rings. The first-order valence-electron chi connectivity index (χ1n) is 6.80. The molecule has 126 valence electrons. The summed E-state index contributed by atoms with van der Waals surface area (Å²) in [7, 11) is 0. The molecule has 1 aliphatic heterocycles. The lowest BCUT2D eigenvalue weighted by molar-refractivity contribution is 0.131. The number of amides is 1. The first-order valence-corrected chi connectivity index (χ1v) is 7.18. The highest BCUT2D eigenvalue weighted by Gasteiger charge is 2.25. The van der Waals surface area contributed by atoms with Crippen molar-refractivity contribution in [1.29, 1.82) is 0 Å². The monoisotopic (exact) mass is 378 g/mol. The molecule has 9 heteroatoms. The molecule has 2 N–H and O–H groups in total. The number of H-pyrrole nitrogens is 1. The number of benzene rings is 1. The van der Waals surface area contributed by atoms with Gasteiger partial charge in [-0.05, 0) is 25.0 Å². The second-order valence-electron chi connectivity index (χ2n) is 5.07. The summed E-state index contributed by atoms with van der Waals surface area (Å²) < 4.78 is 0. The number of carboxylic acid groups (broad SMARTS) is 1. The summed E-state index contributed by atoms with van der Waals surface area (Å²) in [5.41, 5.74) is 0.796. The molecule has 0 saturated carbocycles. The van der Waals surface area contributed by atoms with E-state index in [-0.39, 0.29) is 30.7 Å². The standard InChI is InChI=1S/C14H15ClN4O2.2ClH/c15-11-4-2-1-3-10(11)13-16-12(17-18-13)9-5-7-19(8-6-9)14(20)21;;/h1-4,9H,5-8H2,(H,20,21)(H,16,17,18);2*1H. The fourth-order valence-corrected chi connectivity index (χ4v) is 2.78. The van der Waals surface area contributed by atoms with Crippen LogP contribution in [0.1, 0.15) is 24.6 Å². The molecule has 1 saturated heterocycles. The van der Waals surface area contributed by atoms with Gasteiger partial charge in [-0.3, -0.25) is 5.10 Å². The molecule has 1 amide bonds. The number of nitrogens with one attached hydrogen (secondary N) is 1. The van der Waals surface area contributed by atoms with Crippen molar-refractivity contribution in [2.75, 3.05) is 13.1 Å². The summed E-state index contributed by atoms with van der Waals surface area (Å²) >= 11 is 6.14. The van der Waals surface area contributed by atoms with E-state index in [4.69, 9.17) is 16.7 Å². The predicted octanol–water partition coefficient (Wildman–Crippen LogP) is 3.83. The van der Waals surface area contributed by atoms with Gasteiger partial charge in [0.2, 0.25) is 0 Å². The van der Waals surface area contributed by atoms with Gasteiger partial charge in [0.15, 0.2) is 5.82 Å². The highest BCUT2D eigenvalue weighted by molar-refractivity contribution is 6.33. The van der Waals surface area contributed by atoms with Crippen molar-refractivity contribution in [3.05, 3.63) is 35.1 Å². The molecule has 2 heterocycles. The number of likely N-dealkylation sites (tertiary alicyclic amines) is 1. The van der Waals surface area contributed by atoms with Gasteiger partial charge in [-0.15, -0.1) is 24.8 Å². The SMILES string of the molecule is Cl.Cl.O=C(O)N1CCC(c2nc(-c3ccccc3Cl)n[nH]2)CC1. The maximum absolute atomic E-state index is 10.9. The molecule has 0 unspecified atom stereocenters. The van der Waals surface area contributed by atoms with Gasteiger partial charge in [0.25, 0.3) is 0 Å². The average Bonchev–Trinajstić information content (AvgIpc) is 2.97. The van der Waals surface area contributed by atoms with Crippen LogP contribution in [0.4, 0.5) is 4.79 Å². The van der Waals surface area contributed by atoms with E-state index in [1.807, 2.05) is 18.2 Å². The number of rotatable bonds is 2. The van der Waals surface area contributed by atoms with Crippen LogP contribution in [0.2, 0.25) is 5.02 Å². The number of nitrogens with zero attached hydrogens (tertiary/aromatic N) is 3. The molecular weight excluding hydrogens is 363 g/mol. The van der Waals surface area contributed by atoms with E-state index in [1.165, 1.54) is 4.90 Å². The number of aromatic amines is 1. The Morgan fingerprint density at radius 3 is 2.52 bits per heavy atom. The molecule has 1 aliphatic rings. The predicted molar refractivity (Wildman–Crippen MR) is 92.9 cm³/mol. The van der Waals surface area contributed by atoms with Crippen LogP contribution in [-0.2, 0) is 0 Å². The molecule has 1 aromatic heterocycles. The minimum atomic E-state index is -0.859. The molecule has 3 rings (SSSR count). The van der Waals surface area contributed by atoms with E-state index in [0.717, 1.165) is 24.2 Å². The zero-order chi connectivity index (χ0) is 14.8. The van der Waals surface area contributed by atoms with Crippen molar-refractivity contribution in [3.63, 3.8) is 0 Å². The first-order chi connectivity index (χ1) is 10.1. The number of hydrogen-bond acceptors (Lipinski definition) is 3. The van der Waals surface area contributed by atoms with E-state index >= 15 is 0 Å². The lowest BCUT2D eigenvalue weighted by atomic mass is 9.96. The summed E-state index contributed by atoms with van der Waals surface area (Å²) in [6, 6.07) is 7.43. The largest absolute Gasteiger partial charge is 0.465 e. The molecule has 0 radical (unpaired) electrons. The van der Waals surface area contributed by atoms with Crippen LogP contribution in [0.25, 0.3) is 11.4 Å². The fraction of sp³-hybridized carbons (Fsp3) is 0.357. The summed E-state index contributed by atoms with van der Waals surface area (Å²) in [5, 5.41) is 16.8. The van der Waals surface area contributed by atoms with Gasteiger partial charge in [-0.25, -0.2) is 9.78 Å². The van der Waals surface area contributed by atoms with Crippen LogP contribution < -0.4 is 0 Å². The van der Waals surface area contributed by atoms with Crippen molar-refractivity contribution in [2.24, 2.45) is 0 Å². The van der Waals surface area contributed by atoms with Gasteiger partial charge < -0.3 is 10.0 Å². The molecule has 1 aromatic carbocycles. The van der Waals surface area contributed by atoms with Gasteiger partial charge in [0.1, 0.15) is 5.82 Å². The van der Waals surface area contributed by atoms with Gasteiger partial charge in [-0.1, -0.05) is 23.7 Å². The number of halogens is 3. The van der Waals surface area contributed by atoms with Crippen LogP contribution in [0.5, 0.6) is 0 Å². The Morgan fingerprint density at radius 1 is 1.26 bits per heavy atom. The fourth-order valence-electron chi connectivity index (χ4n) is 2.56. The van der Waals surface area contributed by atoms with Gasteiger partial charge in [0, 0.05) is 24.6 Å². The zero-order valence-electron chi connectivity index (χ0n) is 12.1. The smallest absolute Gasteiger partial charge is 0.407 e. The summed E-state index contributed by atoms with van der Waals surface area (Å²) in [6.45, 7) is 1.06. The zero-order valence-corrected chi connectivity index (χ0v) is 14.5. The molecular formula is C14H17Cl3N4O2. The highest BCUT2D eigenvalue weighted by Crippen LogP contribution is 2.29. The Kier molecular flexibility index (Phi) is 7.12. The lowest BCUT2D eigenvalue weighted by Crippen LogP contribution is -2.37. The minimum absolute atomic E-state index is 0. The molecule has 0 aliphatic carbocycles. The minimum Gasteiger partial charge on any atom is -0.465 e. The third-order valence-corrected chi connectivity index (χ3v) is 4.10. The highest BCUT2D eigenvalue weighted by atomic mass is 35.5. The molecule has 23 heavy (non-hydrogen) atoms. The molecule has 2 aromatic rings. The van der Waals surface area contributed by atoms with E-state index in [2.05, 4.69) is 15.2 Å². The van der Waals surface area contributed by atoms with E-state index < -0.39 is 6.09 Å². The van der Waals surface area contributed by atoms with Crippen molar-refractivity contribution in [2.45, 2.75) is 18.8 Å². The number of piperidine rings is 1. The van der Waals surface area contributed by atoms with Crippen LogP contribution >= 0.6 is 36.4 Å². The Balaban J connectivity index is 0.00000132. The molecule has 6 nitrogen and oxygen atoms in total. The van der Waals surface area contributed by atoms with Gasteiger partial charge >= 0.3 is 6.09 Å². The van der Waals surface area contributed by atoms with E-state index in [0.29, 0.717) is 23.9 Å². The average molecular weight is 380 g/mol. The van der Waals surface area contributed by atoms with Crippen molar-refractivity contribution in [3.8, 4) is 11.4 Å². The lowest BCUT2D eigenvalue weighted by Gasteiger charge is -2.28. The van der Waals surface area contributed by atoms with Crippen molar-refractivity contribution in [1.82, 2.24) is 20.1 Å². The van der Waals surface area contributed by atoms with Crippen LogP contribution in [0.3, 0.4) is 0 Å². The van der Waals surface area contributed by atoms with E-state index in [9.17, 15) is 4.79 Å². The summed E-state index contributed by atoms with van der Waals surface area (Å²) in [5.74, 6) is 1.59.